The SMILES string of the molecule is OCC1(CNC2CCCCCCC2)COC1. The van der Waals surface area contributed by atoms with E-state index in [9.17, 15) is 5.11 Å². The lowest BCUT2D eigenvalue weighted by Gasteiger charge is -2.41. The van der Waals surface area contributed by atoms with Crippen LogP contribution in [0.2, 0.25) is 0 Å². The van der Waals surface area contributed by atoms with Gasteiger partial charge in [0, 0.05) is 12.6 Å². The van der Waals surface area contributed by atoms with Crippen LogP contribution >= 0.6 is 0 Å². The molecule has 0 aromatic rings. The monoisotopic (exact) mass is 227 g/mol. The molecule has 94 valence electrons. The van der Waals surface area contributed by atoms with Crippen molar-refractivity contribution in [2.45, 2.75) is 51.0 Å². The van der Waals surface area contributed by atoms with E-state index in [1.165, 1.54) is 44.9 Å². The van der Waals surface area contributed by atoms with Crippen LogP contribution in [0.3, 0.4) is 0 Å². The fourth-order valence-electron chi connectivity index (χ4n) is 2.66. The van der Waals surface area contributed by atoms with E-state index in [4.69, 9.17) is 4.74 Å². The molecule has 1 saturated heterocycles. The molecule has 0 radical (unpaired) electrons. The lowest BCUT2D eigenvalue weighted by Crippen LogP contribution is -2.53. The molecule has 0 amide bonds. The van der Waals surface area contributed by atoms with Gasteiger partial charge in [-0.2, -0.15) is 0 Å². The third kappa shape index (κ3) is 3.19. The quantitative estimate of drug-likeness (QED) is 0.768. The van der Waals surface area contributed by atoms with E-state index in [0.29, 0.717) is 6.04 Å². The van der Waals surface area contributed by atoms with Gasteiger partial charge in [0.1, 0.15) is 0 Å². The highest BCUT2D eigenvalue weighted by molar-refractivity contribution is 4.88. The van der Waals surface area contributed by atoms with Crippen molar-refractivity contribution in [2.24, 2.45) is 5.41 Å². The number of aliphatic hydroxyl groups is 1. The molecule has 0 aromatic carbocycles. The number of nitrogens with one attached hydrogen (secondary N) is 1. The number of aliphatic hydroxyl groups excluding tert-OH is 1. The van der Waals surface area contributed by atoms with Crippen LogP contribution in [0.15, 0.2) is 0 Å². The van der Waals surface area contributed by atoms with Crippen molar-refractivity contribution < 1.29 is 9.84 Å². The summed E-state index contributed by atoms with van der Waals surface area (Å²) in [5.41, 5.74) is 0.0301. The van der Waals surface area contributed by atoms with Gasteiger partial charge in [-0.25, -0.2) is 0 Å². The Labute approximate surface area is 98.6 Å². The van der Waals surface area contributed by atoms with E-state index in [1.54, 1.807) is 0 Å². The van der Waals surface area contributed by atoms with E-state index in [0.717, 1.165) is 19.8 Å². The normalized spacial score (nSPS) is 26.8. The van der Waals surface area contributed by atoms with Crippen LogP contribution in [-0.2, 0) is 4.74 Å². The third-order valence-corrected chi connectivity index (χ3v) is 4.02. The van der Waals surface area contributed by atoms with Gasteiger partial charge < -0.3 is 15.2 Å². The molecule has 0 bridgehead atoms. The fraction of sp³-hybridized carbons (Fsp3) is 1.00. The van der Waals surface area contributed by atoms with Crippen LogP contribution < -0.4 is 5.32 Å². The molecule has 1 aliphatic carbocycles. The van der Waals surface area contributed by atoms with Gasteiger partial charge in [0.05, 0.1) is 25.2 Å². The molecule has 2 rings (SSSR count). The van der Waals surface area contributed by atoms with E-state index < -0.39 is 0 Å². The van der Waals surface area contributed by atoms with Crippen LogP contribution in [-0.4, -0.2) is 37.5 Å². The Morgan fingerprint density at radius 1 is 1.06 bits per heavy atom. The maximum Gasteiger partial charge on any atom is 0.0579 e. The molecule has 0 aromatic heterocycles. The zero-order valence-electron chi connectivity index (χ0n) is 10.2. The summed E-state index contributed by atoms with van der Waals surface area (Å²) in [6, 6.07) is 0.671. The summed E-state index contributed by atoms with van der Waals surface area (Å²) in [4.78, 5) is 0. The molecule has 1 heterocycles. The van der Waals surface area contributed by atoms with Gasteiger partial charge in [-0.15, -0.1) is 0 Å². The van der Waals surface area contributed by atoms with E-state index in [1.807, 2.05) is 0 Å². The molecule has 2 aliphatic rings. The average Bonchev–Trinajstić information content (AvgIpc) is 2.19. The molecule has 0 atom stereocenters. The first-order chi connectivity index (χ1) is 7.85. The molecular formula is C13H25NO2. The van der Waals surface area contributed by atoms with Gasteiger partial charge in [0.15, 0.2) is 0 Å². The smallest absolute Gasteiger partial charge is 0.0579 e. The predicted molar refractivity (Wildman–Crippen MR) is 64.4 cm³/mol. The lowest BCUT2D eigenvalue weighted by atomic mass is 9.86. The highest BCUT2D eigenvalue weighted by atomic mass is 16.5. The Bertz CT molecular complexity index is 191. The minimum Gasteiger partial charge on any atom is -0.396 e. The Hall–Kier alpha value is -0.120. The number of hydrogen-bond acceptors (Lipinski definition) is 3. The summed E-state index contributed by atoms with van der Waals surface area (Å²) in [6.07, 6.45) is 9.55. The second kappa shape index (κ2) is 5.99. The van der Waals surface area contributed by atoms with Gasteiger partial charge in [-0.05, 0) is 12.8 Å². The first-order valence-electron chi connectivity index (χ1n) is 6.77. The molecule has 3 nitrogen and oxygen atoms in total. The molecule has 1 saturated carbocycles. The second-order valence-electron chi connectivity index (χ2n) is 5.57. The van der Waals surface area contributed by atoms with Crippen molar-refractivity contribution in [2.75, 3.05) is 26.4 Å². The summed E-state index contributed by atoms with van der Waals surface area (Å²) < 4.78 is 5.21. The van der Waals surface area contributed by atoms with E-state index in [-0.39, 0.29) is 12.0 Å². The van der Waals surface area contributed by atoms with Crippen molar-refractivity contribution >= 4 is 0 Å². The van der Waals surface area contributed by atoms with Crippen LogP contribution in [0.5, 0.6) is 0 Å². The standard InChI is InChI=1S/C13H25NO2/c15-9-13(10-16-11-13)8-14-12-6-4-2-1-3-5-7-12/h12,14-15H,1-11H2. The van der Waals surface area contributed by atoms with Crippen molar-refractivity contribution in [1.29, 1.82) is 0 Å². The van der Waals surface area contributed by atoms with Crippen molar-refractivity contribution in [3.05, 3.63) is 0 Å². The zero-order chi connectivity index (χ0) is 11.3. The Morgan fingerprint density at radius 3 is 2.19 bits per heavy atom. The summed E-state index contributed by atoms with van der Waals surface area (Å²) in [5, 5.41) is 13.0. The van der Waals surface area contributed by atoms with Gasteiger partial charge >= 0.3 is 0 Å². The second-order valence-corrected chi connectivity index (χ2v) is 5.57. The van der Waals surface area contributed by atoms with Gasteiger partial charge in [0.25, 0.3) is 0 Å². The van der Waals surface area contributed by atoms with Crippen LogP contribution in [0.4, 0.5) is 0 Å². The minimum atomic E-state index is 0.0301. The van der Waals surface area contributed by atoms with Crippen LogP contribution in [0.25, 0.3) is 0 Å². The van der Waals surface area contributed by atoms with Crippen LogP contribution in [0, 0.1) is 5.41 Å². The summed E-state index contributed by atoms with van der Waals surface area (Å²) in [6.45, 7) is 2.63. The van der Waals surface area contributed by atoms with Gasteiger partial charge in [-0.3, -0.25) is 0 Å². The topological polar surface area (TPSA) is 41.5 Å². The van der Waals surface area contributed by atoms with Crippen molar-refractivity contribution in [3.8, 4) is 0 Å². The maximum atomic E-state index is 9.35. The summed E-state index contributed by atoms with van der Waals surface area (Å²) >= 11 is 0. The Morgan fingerprint density at radius 2 is 1.69 bits per heavy atom. The third-order valence-electron chi connectivity index (χ3n) is 4.02. The maximum absolute atomic E-state index is 9.35. The summed E-state index contributed by atoms with van der Waals surface area (Å²) in [5.74, 6) is 0. The van der Waals surface area contributed by atoms with Crippen LogP contribution in [0.1, 0.15) is 44.9 Å². The number of rotatable bonds is 4. The van der Waals surface area contributed by atoms with Gasteiger partial charge in [0.2, 0.25) is 0 Å². The summed E-state index contributed by atoms with van der Waals surface area (Å²) in [7, 11) is 0. The predicted octanol–water partition coefficient (Wildman–Crippen LogP) is 1.70. The Balaban J connectivity index is 1.70. The molecule has 3 heteroatoms. The van der Waals surface area contributed by atoms with Crippen molar-refractivity contribution in [1.82, 2.24) is 5.32 Å². The molecule has 0 unspecified atom stereocenters. The Kier molecular flexibility index (Phi) is 4.62. The lowest BCUT2D eigenvalue weighted by molar-refractivity contribution is -0.135. The first kappa shape index (κ1) is 12.3. The fourth-order valence-corrected chi connectivity index (χ4v) is 2.66. The van der Waals surface area contributed by atoms with E-state index in [2.05, 4.69) is 5.32 Å². The first-order valence-corrected chi connectivity index (χ1v) is 6.77. The number of hydrogen-bond donors (Lipinski definition) is 2. The highest BCUT2D eigenvalue weighted by Gasteiger charge is 2.38. The number of ether oxygens (including phenoxy) is 1. The molecular weight excluding hydrogens is 202 g/mol. The van der Waals surface area contributed by atoms with Gasteiger partial charge in [-0.1, -0.05) is 32.1 Å². The molecule has 2 N–H and O–H groups in total. The zero-order valence-corrected chi connectivity index (χ0v) is 10.2. The molecule has 1 aliphatic heterocycles. The molecule has 16 heavy (non-hydrogen) atoms. The molecule has 0 spiro atoms. The van der Waals surface area contributed by atoms with Crippen molar-refractivity contribution in [3.63, 3.8) is 0 Å². The highest BCUT2D eigenvalue weighted by Crippen LogP contribution is 2.26. The molecule has 2 fully saturated rings. The largest absolute Gasteiger partial charge is 0.396 e. The van der Waals surface area contributed by atoms with E-state index >= 15 is 0 Å². The minimum absolute atomic E-state index is 0.0301. The average molecular weight is 227 g/mol.